The highest BCUT2D eigenvalue weighted by Gasteiger charge is 2.15. The second-order valence-corrected chi connectivity index (χ2v) is 2.74. The second-order valence-electron chi connectivity index (χ2n) is 2.74. The van der Waals surface area contributed by atoms with E-state index in [0.717, 1.165) is 4.68 Å². The van der Waals surface area contributed by atoms with Gasteiger partial charge in [-0.25, -0.2) is 4.79 Å². The molecule has 0 radical (unpaired) electrons. The molecule has 2 rings (SSSR count). The highest BCUT2D eigenvalue weighted by atomic mass is 16.4. The van der Waals surface area contributed by atoms with E-state index in [1.807, 2.05) is 0 Å². The first-order valence-corrected chi connectivity index (χ1v) is 3.99. The zero-order chi connectivity index (χ0) is 10.8. The monoisotopic (exact) mass is 206 g/mol. The predicted molar refractivity (Wildman–Crippen MR) is 47.8 cm³/mol. The van der Waals surface area contributed by atoms with Gasteiger partial charge in [0.05, 0.1) is 5.69 Å². The zero-order valence-corrected chi connectivity index (χ0v) is 7.40. The van der Waals surface area contributed by atoms with Crippen LogP contribution in [0, 0.1) is 0 Å². The van der Waals surface area contributed by atoms with Crippen LogP contribution in [0.5, 0.6) is 5.75 Å². The number of aromatic carboxylic acids is 1. The summed E-state index contributed by atoms with van der Waals surface area (Å²) in [4.78, 5) is 10.7. The van der Waals surface area contributed by atoms with Crippen LogP contribution in [-0.2, 0) is 0 Å². The minimum absolute atomic E-state index is 0.0133. The Morgan fingerprint density at radius 1 is 1.40 bits per heavy atom. The second kappa shape index (κ2) is 3.37. The summed E-state index contributed by atoms with van der Waals surface area (Å²) in [5.41, 5.74) is 0.386. The van der Waals surface area contributed by atoms with E-state index in [1.165, 1.54) is 12.1 Å². The van der Waals surface area contributed by atoms with Crippen molar-refractivity contribution in [3.05, 3.63) is 30.1 Å². The van der Waals surface area contributed by atoms with Crippen molar-refractivity contribution in [2.75, 3.05) is 0 Å². The summed E-state index contributed by atoms with van der Waals surface area (Å²) in [6.45, 7) is 0. The third-order valence-electron chi connectivity index (χ3n) is 1.74. The molecule has 0 amide bonds. The fourth-order valence-electron chi connectivity index (χ4n) is 1.12. The van der Waals surface area contributed by atoms with Crippen molar-refractivity contribution in [1.82, 2.24) is 20.2 Å². The van der Waals surface area contributed by atoms with Crippen LogP contribution in [0.1, 0.15) is 10.6 Å². The van der Waals surface area contributed by atoms with Crippen molar-refractivity contribution in [1.29, 1.82) is 0 Å². The van der Waals surface area contributed by atoms with Crippen LogP contribution < -0.4 is 0 Å². The molecule has 0 unspecified atom stereocenters. The van der Waals surface area contributed by atoms with E-state index in [4.69, 9.17) is 5.11 Å². The first-order chi connectivity index (χ1) is 7.18. The first kappa shape index (κ1) is 9.13. The molecular formula is C8H6N4O3. The molecule has 7 heteroatoms. The molecule has 0 aliphatic carbocycles. The summed E-state index contributed by atoms with van der Waals surface area (Å²) in [7, 11) is 0. The lowest BCUT2D eigenvalue weighted by atomic mass is 10.3. The third-order valence-corrected chi connectivity index (χ3v) is 1.74. The Hall–Kier alpha value is -2.44. The molecule has 2 aromatic rings. The van der Waals surface area contributed by atoms with Gasteiger partial charge in [0.1, 0.15) is 5.75 Å². The minimum Gasteiger partial charge on any atom is -0.508 e. The molecule has 7 nitrogen and oxygen atoms in total. The van der Waals surface area contributed by atoms with Gasteiger partial charge in [-0.05, 0) is 22.6 Å². The van der Waals surface area contributed by atoms with Crippen LogP contribution in [0.2, 0.25) is 0 Å². The van der Waals surface area contributed by atoms with E-state index in [9.17, 15) is 9.90 Å². The molecule has 2 N–H and O–H groups in total. The summed E-state index contributed by atoms with van der Waals surface area (Å²) in [5.74, 6) is -1.52. The number of carboxylic acid groups (broad SMARTS) is 1. The largest absolute Gasteiger partial charge is 0.508 e. The molecule has 0 aliphatic rings. The van der Waals surface area contributed by atoms with Crippen LogP contribution in [0.15, 0.2) is 24.3 Å². The molecule has 0 spiro atoms. The van der Waals surface area contributed by atoms with Crippen molar-refractivity contribution < 1.29 is 15.0 Å². The lowest BCUT2D eigenvalue weighted by Gasteiger charge is -2.01. The molecule has 0 fully saturated rings. The molecule has 0 aliphatic heterocycles. The Morgan fingerprint density at radius 3 is 2.87 bits per heavy atom. The van der Waals surface area contributed by atoms with Gasteiger partial charge in [-0.1, -0.05) is 6.07 Å². The number of rotatable bonds is 2. The standard InChI is InChI=1S/C8H6N4O3/c13-6-3-1-2-5(4-6)12-7(8(14)15)9-10-11-12/h1-4,13H,(H,14,15). The Bertz CT molecular complexity index is 508. The first-order valence-electron chi connectivity index (χ1n) is 3.99. The van der Waals surface area contributed by atoms with Gasteiger partial charge in [-0.2, -0.15) is 4.68 Å². The molecule has 1 aromatic heterocycles. The van der Waals surface area contributed by atoms with Gasteiger partial charge in [0.2, 0.25) is 0 Å². The molecule has 1 heterocycles. The van der Waals surface area contributed by atoms with Crippen LogP contribution in [0.25, 0.3) is 5.69 Å². The number of carboxylic acids is 1. The Kier molecular flexibility index (Phi) is 2.05. The topological polar surface area (TPSA) is 101 Å². The highest BCUT2D eigenvalue weighted by Crippen LogP contribution is 2.14. The van der Waals surface area contributed by atoms with Crippen molar-refractivity contribution >= 4 is 5.97 Å². The van der Waals surface area contributed by atoms with Crippen LogP contribution in [0.3, 0.4) is 0 Å². The van der Waals surface area contributed by atoms with E-state index in [-0.39, 0.29) is 11.6 Å². The van der Waals surface area contributed by atoms with E-state index in [0.29, 0.717) is 5.69 Å². The average Bonchev–Trinajstić information content (AvgIpc) is 2.65. The van der Waals surface area contributed by atoms with Crippen molar-refractivity contribution in [2.45, 2.75) is 0 Å². The van der Waals surface area contributed by atoms with Gasteiger partial charge in [-0.3, -0.25) is 0 Å². The smallest absolute Gasteiger partial charge is 0.376 e. The quantitative estimate of drug-likeness (QED) is 0.720. The van der Waals surface area contributed by atoms with Crippen molar-refractivity contribution in [2.24, 2.45) is 0 Å². The van der Waals surface area contributed by atoms with Gasteiger partial charge in [0.25, 0.3) is 5.82 Å². The number of hydrogen-bond acceptors (Lipinski definition) is 5. The predicted octanol–water partition coefficient (Wildman–Crippen LogP) is 0.0661. The molecule has 0 atom stereocenters. The van der Waals surface area contributed by atoms with Gasteiger partial charge in [0.15, 0.2) is 0 Å². The maximum absolute atomic E-state index is 10.7. The lowest BCUT2D eigenvalue weighted by Crippen LogP contribution is -2.09. The number of phenolic OH excluding ortho intramolecular Hbond substituents is 1. The summed E-state index contributed by atoms with van der Waals surface area (Å²) in [6.07, 6.45) is 0. The maximum Gasteiger partial charge on any atom is 0.376 e. The Morgan fingerprint density at radius 2 is 2.20 bits per heavy atom. The SMILES string of the molecule is O=C(O)c1nnnn1-c1cccc(O)c1. The molecule has 76 valence electrons. The molecule has 0 saturated carbocycles. The molecule has 0 bridgehead atoms. The summed E-state index contributed by atoms with van der Waals surface area (Å²) in [6, 6.07) is 5.98. The van der Waals surface area contributed by atoms with Crippen molar-refractivity contribution in [3.8, 4) is 11.4 Å². The number of tetrazole rings is 1. The van der Waals surface area contributed by atoms with Gasteiger partial charge in [-0.15, -0.1) is 5.10 Å². The van der Waals surface area contributed by atoms with Crippen LogP contribution in [0.4, 0.5) is 0 Å². The Balaban J connectivity index is 2.54. The molecule has 15 heavy (non-hydrogen) atoms. The number of aromatic hydroxyl groups is 1. The van der Waals surface area contributed by atoms with Crippen LogP contribution in [-0.4, -0.2) is 36.4 Å². The van der Waals surface area contributed by atoms with Gasteiger partial charge >= 0.3 is 5.97 Å². The van der Waals surface area contributed by atoms with E-state index >= 15 is 0 Å². The summed E-state index contributed by atoms with van der Waals surface area (Å²) in [5, 5.41) is 28.1. The van der Waals surface area contributed by atoms with Crippen LogP contribution >= 0.6 is 0 Å². The third kappa shape index (κ3) is 1.62. The fourth-order valence-corrected chi connectivity index (χ4v) is 1.12. The maximum atomic E-state index is 10.7. The van der Waals surface area contributed by atoms with Gasteiger partial charge < -0.3 is 10.2 Å². The zero-order valence-electron chi connectivity index (χ0n) is 7.40. The van der Waals surface area contributed by atoms with E-state index < -0.39 is 5.97 Å². The number of aromatic nitrogens is 4. The lowest BCUT2D eigenvalue weighted by molar-refractivity contribution is 0.0680. The van der Waals surface area contributed by atoms with E-state index in [1.54, 1.807) is 12.1 Å². The number of phenols is 1. The number of nitrogens with zero attached hydrogens (tertiary/aromatic N) is 4. The molecule has 0 saturated heterocycles. The minimum atomic E-state index is -1.23. The van der Waals surface area contributed by atoms with Gasteiger partial charge in [0, 0.05) is 6.07 Å². The average molecular weight is 206 g/mol. The van der Waals surface area contributed by atoms with E-state index in [2.05, 4.69) is 15.5 Å². The normalized spacial score (nSPS) is 10.1. The highest BCUT2D eigenvalue weighted by molar-refractivity contribution is 5.83. The fraction of sp³-hybridized carbons (Fsp3) is 0. The summed E-state index contributed by atoms with van der Waals surface area (Å²) >= 11 is 0. The molecule has 1 aromatic carbocycles. The van der Waals surface area contributed by atoms with Crippen molar-refractivity contribution in [3.63, 3.8) is 0 Å². The number of benzene rings is 1. The summed E-state index contributed by atoms with van der Waals surface area (Å²) < 4.78 is 1.03. The molecular weight excluding hydrogens is 200 g/mol. The number of hydrogen-bond donors (Lipinski definition) is 2. The number of carbonyl (C=O) groups is 1. The Labute approximate surface area is 83.6 Å².